The van der Waals surface area contributed by atoms with Crippen molar-refractivity contribution in [3.8, 4) is 11.5 Å². The molecule has 1 aliphatic heterocycles. The molecule has 0 N–H and O–H groups in total. The lowest BCUT2D eigenvalue weighted by Gasteiger charge is -2.20. The van der Waals surface area contributed by atoms with E-state index >= 15 is 0 Å². The predicted molar refractivity (Wildman–Crippen MR) is 112 cm³/mol. The summed E-state index contributed by atoms with van der Waals surface area (Å²) in [6, 6.07) is 7.39. The summed E-state index contributed by atoms with van der Waals surface area (Å²) in [5, 5.41) is 0.316. The fourth-order valence-electron chi connectivity index (χ4n) is 2.94. The molecule has 30 heavy (non-hydrogen) atoms. The van der Waals surface area contributed by atoms with Crippen LogP contribution < -0.4 is 14.4 Å². The lowest BCUT2D eigenvalue weighted by atomic mass is 10.2. The third kappa shape index (κ3) is 4.27. The van der Waals surface area contributed by atoms with Crippen LogP contribution in [0.3, 0.4) is 0 Å². The molecule has 6 nitrogen and oxygen atoms in total. The largest absolute Gasteiger partial charge is 0.454 e. The predicted octanol–water partition coefficient (Wildman–Crippen LogP) is 3.91. The van der Waals surface area contributed by atoms with Crippen molar-refractivity contribution in [2.24, 2.45) is 0 Å². The SMILES string of the molecule is CN(C)CCN(C(=O)/C=C/c1ccc2c(c1)OCO2)c1nc2c(F)cc(F)cc2s1. The maximum Gasteiger partial charge on any atom is 0.252 e. The maximum atomic E-state index is 14.1. The Balaban J connectivity index is 1.61. The van der Waals surface area contributed by atoms with Crippen LogP contribution in [0.15, 0.2) is 36.4 Å². The van der Waals surface area contributed by atoms with E-state index in [2.05, 4.69) is 4.98 Å². The number of hydrogen-bond donors (Lipinski definition) is 0. The Morgan fingerprint density at radius 2 is 1.97 bits per heavy atom. The van der Waals surface area contributed by atoms with Crippen LogP contribution in [0.1, 0.15) is 5.56 Å². The highest BCUT2D eigenvalue weighted by Gasteiger charge is 2.20. The van der Waals surface area contributed by atoms with Crippen LogP contribution in [-0.2, 0) is 4.79 Å². The first-order valence-electron chi connectivity index (χ1n) is 9.20. The van der Waals surface area contributed by atoms with E-state index in [0.29, 0.717) is 34.4 Å². The molecule has 0 saturated heterocycles. The van der Waals surface area contributed by atoms with Gasteiger partial charge in [-0.3, -0.25) is 9.69 Å². The molecule has 0 spiro atoms. The number of thiazole rings is 1. The summed E-state index contributed by atoms with van der Waals surface area (Å²) in [7, 11) is 3.77. The van der Waals surface area contributed by atoms with Gasteiger partial charge >= 0.3 is 0 Å². The van der Waals surface area contributed by atoms with Gasteiger partial charge in [-0.1, -0.05) is 17.4 Å². The molecule has 0 aliphatic carbocycles. The minimum absolute atomic E-state index is 0.0544. The van der Waals surface area contributed by atoms with Gasteiger partial charge in [0, 0.05) is 25.2 Å². The number of ether oxygens (including phenoxy) is 2. The molecule has 2 heterocycles. The molecular weight excluding hydrogens is 412 g/mol. The van der Waals surface area contributed by atoms with Crippen molar-refractivity contribution in [3.05, 3.63) is 53.6 Å². The van der Waals surface area contributed by atoms with E-state index < -0.39 is 11.6 Å². The van der Waals surface area contributed by atoms with Crippen LogP contribution in [0.2, 0.25) is 0 Å². The number of amides is 1. The molecule has 0 unspecified atom stereocenters. The summed E-state index contributed by atoms with van der Waals surface area (Å²) >= 11 is 1.08. The number of halogens is 2. The number of likely N-dealkylation sites (N-methyl/N-ethyl adjacent to an activating group) is 1. The zero-order valence-corrected chi connectivity index (χ0v) is 17.2. The van der Waals surface area contributed by atoms with E-state index in [1.807, 2.05) is 25.1 Å². The van der Waals surface area contributed by atoms with Crippen LogP contribution in [0, 0.1) is 11.6 Å². The second-order valence-electron chi connectivity index (χ2n) is 6.97. The third-order valence-electron chi connectivity index (χ3n) is 4.48. The average Bonchev–Trinajstić information content (AvgIpc) is 3.32. The van der Waals surface area contributed by atoms with Gasteiger partial charge in [0.05, 0.1) is 4.70 Å². The average molecular weight is 431 g/mol. The molecule has 2 aromatic carbocycles. The molecule has 4 rings (SSSR count). The highest BCUT2D eigenvalue weighted by molar-refractivity contribution is 7.22. The molecule has 156 valence electrons. The van der Waals surface area contributed by atoms with Crippen molar-refractivity contribution < 1.29 is 23.0 Å². The van der Waals surface area contributed by atoms with Crippen LogP contribution in [0.5, 0.6) is 11.5 Å². The van der Waals surface area contributed by atoms with E-state index in [0.717, 1.165) is 23.0 Å². The standard InChI is InChI=1S/C21H19F2N3O3S/c1-25(2)7-8-26(21-24-20-15(23)10-14(22)11-18(20)30-21)19(27)6-4-13-3-5-16-17(9-13)29-12-28-16/h3-6,9-11H,7-8,12H2,1-2H3/b6-4+. The normalized spacial score (nSPS) is 13.0. The first-order valence-corrected chi connectivity index (χ1v) is 10.0. The number of carbonyl (C=O) groups is 1. The molecule has 1 aliphatic rings. The summed E-state index contributed by atoms with van der Waals surface area (Å²) in [6.07, 6.45) is 3.09. The van der Waals surface area contributed by atoms with Crippen molar-refractivity contribution in [2.75, 3.05) is 38.9 Å². The molecule has 3 aromatic rings. The maximum absolute atomic E-state index is 14.1. The minimum atomic E-state index is -0.747. The fourth-order valence-corrected chi connectivity index (χ4v) is 3.97. The monoisotopic (exact) mass is 431 g/mol. The van der Waals surface area contributed by atoms with Gasteiger partial charge in [-0.05, 0) is 43.9 Å². The zero-order valence-electron chi connectivity index (χ0n) is 16.4. The molecule has 0 bridgehead atoms. The van der Waals surface area contributed by atoms with E-state index in [9.17, 15) is 13.6 Å². The molecule has 1 amide bonds. The van der Waals surface area contributed by atoms with Crippen molar-refractivity contribution in [1.82, 2.24) is 9.88 Å². The van der Waals surface area contributed by atoms with Crippen molar-refractivity contribution >= 4 is 38.7 Å². The summed E-state index contributed by atoms with van der Waals surface area (Å²) < 4.78 is 38.6. The number of rotatable bonds is 6. The molecule has 1 aromatic heterocycles. The number of benzene rings is 2. The number of aromatic nitrogens is 1. The lowest BCUT2D eigenvalue weighted by molar-refractivity contribution is -0.114. The Kier molecular flexibility index (Phi) is 5.65. The summed E-state index contributed by atoms with van der Waals surface area (Å²) in [5.74, 6) is -0.450. The number of nitrogens with zero attached hydrogens (tertiary/aromatic N) is 3. The number of carbonyl (C=O) groups excluding carboxylic acids is 1. The first kappa shape index (κ1) is 20.2. The van der Waals surface area contributed by atoms with E-state index in [1.54, 1.807) is 18.2 Å². The molecular formula is C21H19F2N3O3S. The highest BCUT2D eigenvalue weighted by atomic mass is 32.1. The topological polar surface area (TPSA) is 54.9 Å². The van der Waals surface area contributed by atoms with E-state index in [1.165, 1.54) is 17.0 Å². The smallest absolute Gasteiger partial charge is 0.252 e. The first-order chi connectivity index (χ1) is 14.4. The van der Waals surface area contributed by atoms with Gasteiger partial charge in [0.15, 0.2) is 22.4 Å². The van der Waals surface area contributed by atoms with Crippen molar-refractivity contribution in [3.63, 3.8) is 0 Å². The van der Waals surface area contributed by atoms with Gasteiger partial charge in [0.25, 0.3) is 5.91 Å². The molecule has 0 radical (unpaired) electrons. The molecule has 9 heteroatoms. The quantitative estimate of drug-likeness (QED) is 0.554. The van der Waals surface area contributed by atoms with Gasteiger partial charge in [0.1, 0.15) is 11.3 Å². The summed E-state index contributed by atoms with van der Waals surface area (Å²) in [4.78, 5) is 20.6. The van der Waals surface area contributed by atoms with E-state index in [-0.39, 0.29) is 18.2 Å². The summed E-state index contributed by atoms with van der Waals surface area (Å²) in [6.45, 7) is 1.10. The highest BCUT2D eigenvalue weighted by Crippen LogP contribution is 2.33. The van der Waals surface area contributed by atoms with Gasteiger partial charge in [-0.25, -0.2) is 13.8 Å². The molecule has 0 atom stereocenters. The Morgan fingerprint density at radius 3 is 2.77 bits per heavy atom. The van der Waals surface area contributed by atoms with Crippen molar-refractivity contribution in [2.45, 2.75) is 0 Å². The number of fused-ring (bicyclic) bond motifs is 2. The van der Waals surface area contributed by atoms with Crippen LogP contribution in [0.25, 0.3) is 16.3 Å². The lowest BCUT2D eigenvalue weighted by Crippen LogP contribution is -2.35. The van der Waals surface area contributed by atoms with Gasteiger partial charge in [-0.2, -0.15) is 0 Å². The molecule has 0 saturated carbocycles. The van der Waals surface area contributed by atoms with Gasteiger partial charge in [0.2, 0.25) is 6.79 Å². The Hall–Kier alpha value is -3.04. The van der Waals surface area contributed by atoms with Crippen LogP contribution in [0.4, 0.5) is 13.9 Å². The van der Waals surface area contributed by atoms with Crippen molar-refractivity contribution in [1.29, 1.82) is 0 Å². The zero-order chi connectivity index (χ0) is 21.3. The fraction of sp³-hybridized carbons (Fsp3) is 0.238. The second kappa shape index (κ2) is 8.37. The Bertz CT molecular complexity index is 1130. The van der Waals surface area contributed by atoms with Crippen LogP contribution in [-0.4, -0.2) is 49.8 Å². The minimum Gasteiger partial charge on any atom is -0.454 e. The number of anilines is 1. The number of hydrogen-bond acceptors (Lipinski definition) is 6. The third-order valence-corrected chi connectivity index (χ3v) is 5.51. The van der Waals surface area contributed by atoms with Gasteiger partial charge < -0.3 is 14.4 Å². The van der Waals surface area contributed by atoms with E-state index in [4.69, 9.17) is 9.47 Å². The van der Waals surface area contributed by atoms with Crippen LogP contribution >= 0.6 is 11.3 Å². The molecule has 0 fully saturated rings. The Labute approximate surface area is 175 Å². The second-order valence-corrected chi connectivity index (χ2v) is 7.98. The Morgan fingerprint density at radius 1 is 1.17 bits per heavy atom. The van der Waals surface area contributed by atoms with Gasteiger partial charge in [-0.15, -0.1) is 0 Å². The summed E-state index contributed by atoms with van der Waals surface area (Å²) in [5.41, 5.74) is 0.830.